The molecule has 0 aromatic carbocycles. The van der Waals surface area contributed by atoms with Gasteiger partial charge < -0.3 is 29.7 Å². The molecule has 0 spiro atoms. The van der Waals surface area contributed by atoms with Gasteiger partial charge in [-0.15, -0.1) is 0 Å². The normalized spacial score (nSPS) is 21.1. The quantitative estimate of drug-likeness (QED) is 0.0650. The van der Waals surface area contributed by atoms with Crippen molar-refractivity contribution in [3.63, 3.8) is 0 Å². The van der Waals surface area contributed by atoms with E-state index in [9.17, 15) is 14.4 Å². The smallest absolute Gasteiger partial charge is 0.342 e. The van der Waals surface area contributed by atoms with Crippen LogP contribution in [-0.2, 0) is 25.5 Å². The Morgan fingerprint density at radius 3 is 2.31 bits per heavy atom. The van der Waals surface area contributed by atoms with E-state index in [1.807, 2.05) is 19.1 Å². The highest BCUT2D eigenvalue weighted by Gasteiger charge is 2.47. The Morgan fingerprint density at radius 2 is 1.61 bits per heavy atom. The van der Waals surface area contributed by atoms with Crippen LogP contribution in [0.25, 0.3) is 29.9 Å². The molecule has 0 amide bonds. The lowest BCUT2D eigenvalue weighted by atomic mass is 9.82. The van der Waals surface area contributed by atoms with E-state index in [-0.39, 0.29) is 42.2 Å². The van der Waals surface area contributed by atoms with E-state index in [0.29, 0.717) is 23.3 Å². The number of fused-ring (bicyclic) bond motifs is 8. The van der Waals surface area contributed by atoms with Crippen LogP contribution in [-0.4, -0.2) is 52.4 Å². The molecule has 3 aliphatic rings. The number of ether oxygens (including phenoxy) is 2. The van der Waals surface area contributed by atoms with Gasteiger partial charge in [0.25, 0.3) is 0 Å². The van der Waals surface area contributed by atoms with Crippen LogP contribution in [0.15, 0.2) is 29.5 Å². The van der Waals surface area contributed by atoms with Crippen LogP contribution in [0.4, 0.5) is 0 Å². The lowest BCUT2D eigenvalue weighted by molar-refractivity contribution is -0.142. The van der Waals surface area contributed by atoms with E-state index in [0.717, 1.165) is 86.8 Å². The molecule has 0 radical (unpaired) electrons. The summed E-state index contributed by atoms with van der Waals surface area (Å²) in [6, 6.07) is -0.470. The van der Waals surface area contributed by atoms with Gasteiger partial charge in [-0.3, -0.25) is 9.59 Å². The second kappa shape index (κ2) is 18.5. The van der Waals surface area contributed by atoms with Crippen molar-refractivity contribution in [3.05, 3.63) is 96.4 Å². The number of carbonyl (C=O) groups is 3. The summed E-state index contributed by atoms with van der Waals surface area (Å²) < 4.78 is 11.0. The van der Waals surface area contributed by atoms with Crippen LogP contribution >= 0.6 is 0 Å². The molecule has 8 bridgehead atoms. The van der Waals surface area contributed by atoms with E-state index in [2.05, 4.69) is 100 Å². The molecule has 59 heavy (non-hydrogen) atoms. The molecule has 316 valence electrons. The average molecular weight is 803 g/mol. The molecule has 1 saturated heterocycles. The summed E-state index contributed by atoms with van der Waals surface area (Å²) in [6.45, 7) is 23.9. The minimum atomic E-state index is -0.671. The minimum Gasteiger partial charge on any atom is -0.465 e. The molecule has 2 aliphatic heterocycles. The summed E-state index contributed by atoms with van der Waals surface area (Å²) in [5.41, 5.74) is 11.8. The van der Waals surface area contributed by atoms with Gasteiger partial charge in [0.1, 0.15) is 12.2 Å². The van der Waals surface area contributed by atoms with Crippen LogP contribution in [0.5, 0.6) is 0 Å². The largest absolute Gasteiger partial charge is 0.465 e. The monoisotopic (exact) mass is 803 g/mol. The predicted octanol–water partition coefficient (Wildman–Crippen LogP) is 9.06. The molecule has 9 nitrogen and oxygen atoms in total. The fourth-order valence-electron chi connectivity index (χ4n) is 9.55. The van der Waals surface area contributed by atoms with Gasteiger partial charge in [0.2, 0.25) is 5.78 Å². The van der Waals surface area contributed by atoms with Crippen molar-refractivity contribution in [2.24, 2.45) is 23.7 Å². The van der Waals surface area contributed by atoms with Crippen molar-refractivity contribution in [1.29, 1.82) is 0 Å². The average Bonchev–Trinajstić information content (AvgIpc) is 3.94. The number of aromatic amines is 3. The summed E-state index contributed by atoms with van der Waals surface area (Å²) in [5.74, 6) is -0.0203. The van der Waals surface area contributed by atoms with E-state index < -0.39 is 12.0 Å². The third-order valence-electron chi connectivity index (χ3n) is 13.2. The number of aromatic nitrogens is 3. The van der Waals surface area contributed by atoms with Crippen molar-refractivity contribution in [2.75, 3.05) is 13.7 Å². The Kier molecular flexibility index (Phi) is 13.6. The molecule has 4 N–H and O–H groups in total. The van der Waals surface area contributed by atoms with Crippen LogP contribution in [0, 0.1) is 44.4 Å². The van der Waals surface area contributed by atoms with Gasteiger partial charge in [-0.05, 0) is 118 Å². The fourth-order valence-corrected chi connectivity index (χ4v) is 9.55. The fraction of sp³-hybridized carbons (Fsp3) is 0.500. The Labute approximate surface area is 350 Å². The van der Waals surface area contributed by atoms with Crippen molar-refractivity contribution in [1.82, 2.24) is 20.3 Å². The first kappa shape index (κ1) is 43.5. The van der Waals surface area contributed by atoms with Crippen molar-refractivity contribution in [2.45, 2.75) is 126 Å². The Hall–Kier alpha value is -5.05. The molecule has 4 atom stereocenters. The van der Waals surface area contributed by atoms with E-state index in [4.69, 9.17) is 9.47 Å². The third kappa shape index (κ3) is 8.95. The molecular weight excluding hydrogens is 737 g/mol. The van der Waals surface area contributed by atoms with Gasteiger partial charge >= 0.3 is 11.9 Å². The summed E-state index contributed by atoms with van der Waals surface area (Å²) in [5, 5.41) is 5.71. The van der Waals surface area contributed by atoms with Crippen molar-refractivity contribution < 1.29 is 23.9 Å². The molecule has 6 rings (SSSR count). The maximum Gasteiger partial charge on any atom is 0.342 e. The molecule has 3 aromatic heterocycles. The lowest BCUT2D eigenvalue weighted by Crippen LogP contribution is -2.31. The summed E-state index contributed by atoms with van der Waals surface area (Å²) in [4.78, 5) is 52.2. The van der Waals surface area contributed by atoms with Crippen LogP contribution in [0.3, 0.4) is 0 Å². The van der Waals surface area contributed by atoms with Crippen molar-refractivity contribution >= 4 is 47.6 Å². The standard InChI is InChI=1S/C50H66N4O5/c1-12-34-30(7)37-24-39-32(9)36(20-21-43(55)59-23-22-29(6)19-15-18-28(5)17-14-16-27(3)4)47(53-39)45-46(50(57)58-11)49(56)44-33(10)40(54-48(44)45)26-42-35(13-2)31(8)38(52-42)25-41(34)51-37/h12,22,24-28,32,36,47,51-54H,1,13-21,23H2,2-11H3/b29-22+,38-25-,39-24-,42-26-/t28-,32+,36+,47?/m1/s1. The van der Waals surface area contributed by atoms with Crippen molar-refractivity contribution in [3.8, 4) is 0 Å². The van der Waals surface area contributed by atoms with Crippen LogP contribution in [0.2, 0.25) is 0 Å². The number of H-pyrrole nitrogens is 3. The number of rotatable bonds is 16. The summed E-state index contributed by atoms with van der Waals surface area (Å²) in [6.07, 6.45) is 19.0. The van der Waals surface area contributed by atoms with E-state index in [1.165, 1.54) is 43.9 Å². The third-order valence-corrected chi connectivity index (χ3v) is 13.2. The maximum atomic E-state index is 14.3. The first-order valence-electron chi connectivity index (χ1n) is 21.8. The zero-order chi connectivity index (χ0) is 42.7. The van der Waals surface area contributed by atoms with Gasteiger partial charge in [-0.25, -0.2) is 4.79 Å². The summed E-state index contributed by atoms with van der Waals surface area (Å²) in [7, 11) is 1.31. The highest BCUT2D eigenvalue weighted by atomic mass is 16.5. The second-order valence-electron chi connectivity index (χ2n) is 17.7. The molecule has 1 unspecified atom stereocenters. The number of esters is 2. The topological polar surface area (TPSA) is 129 Å². The Bertz CT molecular complexity index is 2340. The molecule has 1 fully saturated rings. The minimum absolute atomic E-state index is 0.0303. The number of ketones is 1. The van der Waals surface area contributed by atoms with E-state index in [1.54, 1.807) is 0 Å². The predicted molar refractivity (Wildman–Crippen MR) is 239 cm³/mol. The maximum absolute atomic E-state index is 14.3. The number of hydrogen-bond acceptors (Lipinski definition) is 6. The Morgan fingerprint density at radius 1 is 0.898 bits per heavy atom. The molecule has 5 heterocycles. The first-order chi connectivity index (χ1) is 28.2. The van der Waals surface area contributed by atoms with E-state index >= 15 is 0 Å². The van der Waals surface area contributed by atoms with Gasteiger partial charge in [0, 0.05) is 57.0 Å². The number of methoxy groups -OCH3 is 1. The van der Waals surface area contributed by atoms with Gasteiger partial charge in [-0.1, -0.05) is 78.5 Å². The first-order valence-corrected chi connectivity index (χ1v) is 21.8. The number of allylic oxidation sites excluding steroid dienone is 2. The molecule has 3 aromatic rings. The zero-order valence-corrected chi connectivity index (χ0v) is 37.1. The van der Waals surface area contributed by atoms with Crippen LogP contribution < -0.4 is 16.0 Å². The van der Waals surface area contributed by atoms with Gasteiger partial charge in [0.15, 0.2) is 0 Å². The molecular formula is C50H66N4O5. The van der Waals surface area contributed by atoms with Gasteiger partial charge in [0.05, 0.1) is 24.4 Å². The molecule has 1 aliphatic carbocycles. The number of carbonyl (C=O) groups excluding carboxylic acids is 3. The molecule has 9 heteroatoms. The number of hydrogen-bond donors (Lipinski definition) is 4. The Balaban J connectivity index is 1.32. The number of nitrogens with one attached hydrogen (secondary N) is 4. The second-order valence-corrected chi connectivity index (χ2v) is 17.7. The van der Waals surface area contributed by atoms with Gasteiger partial charge in [-0.2, -0.15) is 0 Å². The SMILES string of the molecule is C=Cc1c2[nH]c(c1C)/C=C1\NC(C3=C(C(=O)OC)C(=O)c4c3[nH]c(c4C)/C=c3\[nH]/c(c(C)c3CC)=C\2)[C@@H](CCC(=O)OC/C=C(\C)CCC[C@H](C)CCCC(C)C)[C@@H]1C. The zero-order valence-electron chi connectivity index (χ0n) is 37.1. The highest BCUT2D eigenvalue weighted by molar-refractivity contribution is 6.34. The molecule has 0 saturated carbocycles. The highest BCUT2D eigenvalue weighted by Crippen LogP contribution is 2.46. The number of Topliss-reactive ketones (excluding diaryl/α,β-unsaturated/α-hetero) is 1. The van der Waals surface area contributed by atoms with Crippen LogP contribution in [0.1, 0.15) is 154 Å². The summed E-state index contributed by atoms with van der Waals surface area (Å²) >= 11 is 0. The lowest BCUT2D eigenvalue weighted by Gasteiger charge is -2.23.